The molecule has 5 nitrogen and oxygen atoms in total. The number of ether oxygens (including phenoxy) is 1. The number of fused-ring (bicyclic) bond motifs is 3. The quantitative estimate of drug-likeness (QED) is 0.597. The van der Waals surface area contributed by atoms with E-state index in [1.54, 1.807) is 11.3 Å². The Morgan fingerprint density at radius 2 is 1.69 bits per heavy atom. The Bertz CT molecular complexity index is 970. The number of alkyl carbamates (subject to hydrolysis) is 1. The van der Waals surface area contributed by atoms with E-state index in [1.165, 1.54) is 11.1 Å². The second-order valence-corrected chi connectivity index (χ2v) is 7.88. The van der Waals surface area contributed by atoms with Crippen molar-refractivity contribution in [3.05, 3.63) is 82.0 Å². The monoisotopic (exact) mass is 407 g/mol. The van der Waals surface area contributed by atoms with Crippen molar-refractivity contribution in [2.24, 2.45) is 0 Å². The van der Waals surface area contributed by atoms with Crippen molar-refractivity contribution in [3.8, 4) is 11.1 Å². The summed E-state index contributed by atoms with van der Waals surface area (Å²) in [4.78, 5) is 23.6. The highest BCUT2D eigenvalue weighted by molar-refractivity contribution is 7.07. The summed E-state index contributed by atoms with van der Waals surface area (Å²) >= 11 is 1.54. The van der Waals surface area contributed by atoms with Crippen LogP contribution in [-0.2, 0) is 16.0 Å². The van der Waals surface area contributed by atoms with E-state index in [1.807, 2.05) is 41.1 Å². The number of hydrogen-bond donors (Lipinski definition) is 2. The minimum absolute atomic E-state index is 0.0250. The lowest BCUT2D eigenvalue weighted by Gasteiger charge is -2.18. The van der Waals surface area contributed by atoms with Crippen molar-refractivity contribution in [2.45, 2.75) is 24.8 Å². The molecule has 0 spiro atoms. The molecule has 1 amide bonds. The standard InChI is InChI=1S/C23H21NO4S/c25-22(26)12-16(11-15-9-10-29-14-15)24-23(27)28-13-21-19-7-3-1-5-17(19)18-6-2-4-8-20(18)21/h1-10,14,16,21H,11-13H2,(H,24,27)(H,25,26)/t16-/m1/s1. The highest BCUT2D eigenvalue weighted by atomic mass is 32.1. The number of rotatable bonds is 7. The van der Waals surface area contributed by atoms with Gasteiger partial charge in [0.2, 0.25) is 0 Å². The molecule has 0 saturated carbocycles. The lowest BCUT2D eigenvalue weighted by atomic mass is 9.98. The molecular weight excluding hydrogens is 386 g/mol. The topological polar surface area (TPSA) is 75.6 Å². The number of carboxylic acid groups (broad SMARTS) is 1. The third-order valence-corrected chi connectivity index (χ3v) is 5.88. The maximum atomic E-state index is 12.4. The highest BCUT2D eigenvalue weighted by Gasteiger charge is 2.29. The van der Waals surface area contributed by atoms with E-state index in [-0.39, 0.29) is 18.9 Å². The molecule has 4 rings (SSSR count). The summed E-state index contributed by atoms with van der Waals surface area (Å²) in [6.45, 7) is 0.206. The summed E-state index contributed by atoms with van der Waals surface area (Å²) in [7, 11) is 0. The summed E-state index contributed by atoms with van der Waals surface area (Å²) in [6.07, 6.45) is -0.284. The molecule has 148 valence electrons. The second kappa shape index (κ2) is 8.49. The predicted octanol–water partition coefficient (Wildman–Crippen LogP) is 4.67. The summed E-state index contributed by atoms with van der Waals surface area (Å²) < 4.78 is 5.53. The van der Waals surface area contributed by atoms with Gasteiger partial charge in [0.05, 0.1) is 6.42 Å². The molecule has 0 fully saturated rings. The average molecular weight is 407 g/mol. The first kappa shape index (κ1) is 19.2. The van der Waals surface area contributed by atoms with Gasteiger partial charge >= 0.3 is 12.1 Å². The zero-order chi connectivity index (χ0) is 20.2. The van der Waals surface area contributed by atoms with E-state index < -0.39 is 18.1 Å². The Balaban J connectivity index is 1.43. The van der Waals surface area contributed by atoms with Crippen LogP contribution < -0.4 is 5.32 Å². The minimum atomic E-state index is -0.954. The van der Waals surface area contributed by atoms with E-state index in [2.05, 4.69) is 29.6 Å². The molecule has 3 aromatic rings. The lowest BCUT2D eigenvalue weighted by molar-refractivity contribution is -0.137. The third kappa shape index (κ3) is 4.32. The van der Waals surface area contributed by atoms with Gasteiger partial charge in [-0.3, -0.25) is 4.79 Å². The summed E-state index contributed by atoms with van der Waals surface area (Å²) in [5.41, 5.74) is 5.61. The highest BCUT2D eigenvalue weighted by Crippen LogP contribution is 2.44. The first-order chi connectivity index (χ1) is 14.1. The molecule has 0 bridgehead atoms. The van der Waals surface area contributed by atoms with Crippen molar-refractivity contribution in [3.63, 3.8) is 0 Å². The number of carbonyl (C=O) groups excluding carboxylic acids is 1. The van der Waals surface area contributed by atoms with Crippen LogP contribution in [0.4, 0.5) is 4.79 Å². The molecule has 6 heteroatoms. The van der Waals surface area contributed by atoms with Gasteiger partial charge in [0.1, 0.15) is 6.61 Å². The fourth-order valence-corrected chi connectivity index (χ4v) is 4.57. The Morgan fingerprint density at radius 3 is 2.28 bits per heavy atom. The largest absolute Gasteiger partial charge is 0.481 e. The van der Waals surface area contributed by atoms with Crippen molar-refractivity contribution in [1.82, 2.24) is 5.32 Å². The molecule has 1 aromatic heterocycles. The number of thiophene rings is 1. The van der Waals surface area contributed by atoms with Crippen molar-refractivity contribution in [2.75, 3.05) is 6.61 Å². The molecule has 1 aliphatic rings. The second-order valence-electron chi connectivity index (χ2n) is 7.10. The van der Waals surface area contributed by atoms with Gasteiger partial charge in [-0.05, 0) is 51.1 Å². The van der Waals surface area contributed by atoms with E-state index >= 15 is 0 Å². The molecular formula is C23H21NO4S. The number of aliphatic carboxylic acids is 1. The van der Waals surface area contributed by atoms with Crippen LogP contribution in [0.2, 0.25) is 0 Å². The van der Waals surface area contributed by atoms with Gasteiger partial charge in [-0.1, -0.05) is 48.5 Å². The van der Waals surface area contributed by atoms with Crippen LogP contribution in [0.1, 0.15) is 29.0 Å². The van der Waals surface area contributed by atoms with Crippen LogP contribution in [0.25, 0.3) is 11.1 Å². The van der Waals surface area contributed by atoms with E-state index in [4.69, 9.17) is 9.84 Å². The van der Waals surface area contributed by atoms with E-state index in [0.29, 0.717) is 6.42 Å². The smallest absolute Gasteiger partial charge is 0.407 e. The molecule has 0 saturated heterocycles. The van der Waals surface area contributed by atoms with Crippen molar-refractivity contribution in [1.29, 1.82) is 0 Å². The van der Waals surface area contributed by atoms with Crippen LogP contribution in [0.3, 0.4) is 0 Å². The van der Waals surface area contributed by atoms with Gasteiger partial charge in [-0.15, -0.1) is 0 Å². The zero-order valence-corrected chi connectivity index (χ0v) is 16.5. The number of carbonyl (C=O) groups is 2. The minimum Gasteiger partial charge on any atom is -0.481 e. The van der Waals surface area contributed by atoms with Crippen LogP contribution in [0, 0.1) is 0 Å². The van der Waals surface area contributed by atoms with Crippen LogP contribution >= 0.6 is 11.3 Å². The van der Waals surface area contributed by atoms with Gasteiger partial charge in [0, 0.05) is 12.0 Å². The number of amides is 1. The Morgan fingerprint density at radius 1 is 1.03 bits per heavy atom. The SMILES string of the molecule is O=C(O)C[C@@H](Cc1ccsc1)NC(=O)OCC1c2ccccc2-c2ccccc21. The molecule has 0 radical (unpaired) electrons. The number of benzene rings is 2. The molecule has 0 aliphatic heterocycles. The molecule has 0 unspecified atom stereocenters. The summed E-state index contributed by atoms with van der Waals surface area (Å²) in [5, 5.41) is 15.8. The number of nitrogens with one attached hydrogen (secondary N) is 1. The maximum absolute atomic E-state index is 12.4. The zero-order valence-electron chi connectivity index (χ0n) is 15.7. The van der Waals surface area contributed by atoms with Gasteiger partial charge in [0.25, 0.3) is 0 Å². The molecule has 1 atom stereocenters. The third-order valence-electron chi connectivity index (χ3n) is 5.15. The van der Waals surface area contributed by atoms with Crippen molar-refractivity contribution >= 4 is 23.4 Å². The molecule has 29 heavy (non-hydrogen) atoms. The lowest BCUT2D eigenvalue weighted by Crippen LogP contribution is -2.38. The fraction of sp³-hybridized carbons (Fsp3) is 0.217. The van der Waals surface area contributed by atoms with Gasteiger partial charge in [0.15, 0.2) is 0 Å². The fourth-order valence-electron chi connectivity index (χ4n) is 3.89. The Kier molecular flexibility index (Phi) is 5.62. The molecule has 2 aromatic carbocycles. The van der Waals surface area contributed by atoms with E-state index in [0.717, 1.165) is 16.7 Å². The first-order valence-electron chi connectivity index (χ1n) is 9.46. The molecule has 1 aliphatic carbocycles. The average Bonchev–Trinajstić information content (AvgIpc) is 3.32. The Hall–Kier alpha value is -3.12. The van der Waals surface area contributed by atoms with Crippen LogP contribution in [-0.4, -0.2) is 29.8 Å². The maximum Gasteiger partial charge on any atom is 0.407 e. The van der Waals surface area contributed by atoms with Gasteiger partial charge in [-0.25, -0.2) is 4.79 Å². The summed E-state index contributed by atoms with van der Waals surface area (Å²) in [6, 6.07) is 17.7. The van der Waals surface area contributed by atoms with Gasteiger partial charge in [-0.2, -0.15) is 11.3 Å². The number of carboxylic acids is 1. The first-order valence-corrected chi connectivity index (χ1v) is 10.4. The molecule has 1 heterocycles. The van der Waals surface area contributed by atoms with Crippen LogP contribution in [0.15, 0.2) is 65.4 Å². The Labute approximate surface area is 173 Å². The predicted molar refractivity (Wildman–Crippen MR) is 112 cm³/mol. The van der Waals surface area contributed by atoms with Crippen LogP contribution in [0.5, 0.6) is 0 Å². The number of hydrogen-bond acceptors (Lipinski definition) is 4. The van der Waals surface area contributed by atoms with E-state index in [9.17, 15) is 9.59 Å². The van der Waals surface area contributed by atoms with Crippen molar-refractivity contribution < 1.29 is 19.4 Å². The normalized spacial score (nSPS) is 13.4. The summed E-state index contributed by atoms with van der Waals surface area (Å²) in [5.74, 6) is -0.980. The van der Waals surface area contributed by atoms with Gasteiger partial charge < -0.3 is 15.2 Å². The molecule has 2 N–H and O–H groups in total.